The third kappa shape index (κ3) is 3.79. The number of carboxylic acid groups (broad SMARTS) is 1. The minimum Gasteiger partial charge on any atom is -0.493 e. The van der Waals surface area contributed by atoms with Crippen molar-refractivity contribution < 1.29 is 24.2 Å². The number of ether oxygens (including phenoxy) is 2. The fourth-order valence-electron chi connectivity index (χ4n) is 1.93. The lowest BCUT2D eigenvalue weighted by atomic mass is 10.2. The smallest absolute Gasteiger partial charge is 0.318 e. The lowest BCUT2D eigenvalue weighted by Crippen LogP contribution is -2.21. The predicted octanol–water partition coefficient (Wildman–Crippen LogP) is 0.347. The van der Waals surface area contributed by atoms with Crippen molar-refractivity contribution >= 4 is 23.6 Å². The zero-order valence-corrected chi connectivity index (χ0v) is 12.2. The van der Waals surface area contributed by atoms with Crippen molar-refractivity contribution in [3.8, 4) is 11.5 Å². The van der Waals surface area contributed by atoms with Crippen molar-refractivity contribution in [3.63, 3.8) is 0 Å². The summed E-state index contributed by atoms with van der Waals surface area (Å²) < 4.78 is 10.5. The van der Waals surface area contributed by atoms with Crippen LogP contribution < -0.4 is 20.5 Å². The van der Waals surface area contributed by atoms with Crippen LogP contribution >= 0.6 is 11.8 Å². The van der Waals surface area contributed by atoms with Crippen LogP contribution in [0.15, 0.2) is 18.2 Å². The molecule has 1 aromatic rings. The largest absolute Gasteiger partial charge is 0.493 e. The summed E-state index contributed by atoms with van der Waals surface area (Å²) in [7, 11) is 1.49. The highest BCUT2D eigenvalue weighted by Crippen LogP contribution is 2.38. The van der Waals surface area contributed by atoms with Crippen LogP contribution in [-0.4, -0.2) is 42.5 Å². The third-order valence-electron chi connectivity index (χ3n) is 2.92. The van der Waals surface area contributed by atoms with Crippen molar-refractivity contribution in [2.75, 3.05) is 20.3 Å². The number of carboxylic acids is 1. The van der Waals surface area contributed by atoms with E-state index in [1.54, 1.807) is 18.2 Å². The molecule has 0 aliphatic carbocycles. The van der Waals surface area contributed by atoms with E-state index in [0.29, 0.717) is 18.0 Å². The molecule has 0 unspecified atom stereocenters. The van der Waals surface area contributed by atoms with Gasteiger partial charge in [-0.3, -0.25) is 14.9 Å². The lowest BCUT2D eigenvalue weighted by Gasteiger charge is -2.14. The van der Waals surface area contributed by atoms with Gasteiger partial charge in [0.2, 0.25) is 0 Å². The summed E-state index contributed by atoms with van der Waals surface area (Å²) in [5.74, 6) is -0.519. The Morgan fingerprint density at radius 3 is 2.81 bits per heavy atom. The number of rotatable bonds is 6. The van der Waals surface area contributed by atoms with Gasteiger partial charge in [0.15, 0.2) is 18.1 Å². The zero-order chi connectivity index (χ0) is 15.4. The second kappa shape index (κ2) is 6.68. The summed E-state index contributed by atoms with van der Waals surface area (Å²) in [5.41, 5.74) is 5.91. The Hall–Kier alpha value is -1.93. The number of thioether (sulfide) groups is 1. The SMILES string of the molecule is COc1cc([C@@H]2NC[C@H](C(=O)O)S2)ccc1OCC(N)=O. The number of benzene rings is 1. The van der Waals surface area contributed by atoms with E-state index in [4.69, 9.17) is 20.3 Å². The van der Waals surface area contributed by atoms with Crippen molar-refractivity contribution in [2.24, 2.45) is 5.73 Å². The van der Waals surface area contributed by atoms with E-state index in [2.05, 4.69) is 5.32 Å². The zero-order valence-electron chi connectivity index (χ0n) is 11.4. The molecule has 0 radical (unpaired) electrons. The van der Waals surface area contributed by atoms with E-state index in [-0.39, 0.29) is 12.0 Å². The lowest BCUT2D eigenvalue weighted by molar-refractivity contribution is -0.136. The first-order chi connectivity index (χ1) is 10.0. The molecule has 4 N–H and O–H groups in total. The van der Waals surface area contributed by atoms with Gasteiger partial charge in [0, 0.05) is 6.54 Å². The van der Waals surface area contributed by atoms with Crippen molar-refractivity contribution in [1.29, 1.82) is 0 Å². The molecule has 1 aliphatic rings. The number of methoxy groups -OCH3 is 1. The van der Waals surface area contributed by atoms with Crippen LogP contribution in [0.3, 0.4) is 0 Å². The minimum absolute atomic E-state index is 0.120. The van der Waals surface area contributed by atoms with Crippen molar-refractivity contribution in [1.82, 2.24) is 5.32 Å². The molecular weight excluding hydrogens is 296 g/mol. The molecule has 1 saturated heterocycles. The first-order valence-corrected chi connectivity index (χ1v) is 7.16. The number of nitrogens with one attached hydrogen (secondary N) is 1. The molecular formula is C13H16N2O5S. The molecule has 21 heavy (non-hydrogen) atoms. The van der Waals surface area contributed by atoms with Gasteiger partial charge >= 0.3 is 5.97 Å². The maximum atomic E-state index is 11.0. The summed E-state index contributed by atoms with van der Waals surface area (Å²) in [6.45, 7) is 0.181. The first kappa shape index (κ1) is 15.5. The van der Waals surface area contributed by atoms with E-state index >= 15 is 0 Å². The molecule has 2 rings (SSSR count). The molecule has 7 nitrogen and oxygen atoms in total. The fraction of sp³-hybridized carbons (Fsp3) is 0.385. The van der Waals surface area contributed by atoms with Crippen molar-refractivity contribution in [3.05, 3.63) is 23.8 Å². The highest BCUT2D eigenvalue weighted by Gasteiger charge is 2.31. The van der Waals surface area contributed by atoms with Gasteiger partial charge in [0.05, 0.1) is 12.5 Å². The molecule has 114 valence electrons. The predicted molar refractivity (Wildman–Crippen MR) is 77.4 cm³/mol. The average Bonchev–Trinajstić information content (AvgIpc) is 2.94. The quantitative estimate of drug-likeness (QED) is 0.695. The van der Waals surface area contributed by atoms with Crippen LogP contribution in [0.1, 0.15) is 10.9 Å². The van der Waals surface area contributed by atoms with Crippen LogP contribution in [0.25, 0.3) is 0 Å². The average molecular weight is 312 g/mol. The van der Waals surface area contributed by atoms with Gasteiger partial charge in [-0.1, -0.05) is 6.07 Å². The van der Waals surface area contributed by atoms with Gasteiger partial charge in [0.1, 0.15) is 5.25 Å². The monoisotopic (exact) mass is 312 g/mol. The number of hydrogen-bond donors (Lipinski definition) is 3. The number of carbonyl (C=O) groups is 2. The molecule has 0 saturated carbocycles. The minimum atomic E-state index is -0.830. The molecule has 1 amide bonds. The van der Waals surface area contributed by atoms with Gasteiger partial charge in [-0.2, -0.15) is 0 Å². The number of primary amides is 1. The number of amides is 1. The number of carbonyl (C=O) groups excluding carboxylic acids is 1. The maximum absolute atomic E-state index is 11.0. The van der Waals surface area contributed by atoms with Gasteiger partial charge in [0.25, 0.3) is 5.91 Å². The Bertz CT molecular complexity index is 551. The molecule has 1 fully saturated rings. The van der Waals surface area contributed by atoms with Crippen LogP contribution in [0.2, 0.25) is 0 Å². The Labute approximate surface area is 125 Å². The van der Waals surface area contributed by atoms with E-state index in [1.165, 1.54) is 18.9 Å². The molecule has 0 aromatic heterocycles. The second-order valence-corrected chi connectivity index (χ2v) is 5.73. The van der Waals surface area contributed by atoms with Gasteiger partial charge in [-0.15, -0.1) is 11.8 Å². The van der Waals surface area contributed by atoms with Crippen molar-refractivity contribution in [2.45, 2.75) is 10.6 Å². The topological polar surface area (TPSA) is 111 Å². The fourth-order valence-corrected chi connectivity index (χ4v) is 3.07. The normalized spacial score (nSPS) is 21.0. The number of nitrogens with two attached hydrogens (primary N) is 1. The van der Waals surface area contributed by atoms with E-state index < -0.39 is 17.1 Å². The summed E-state index contributed by atoms with van der Waals surface area (Å²) in [5, 5.41) is 11.5. The summed E-state index contributed by atoms with van der Waals surface area (Å²) in [6.07, 6.45) is 0. The van der Waals surface area contributed by atoms with Crippen LogP contribution in [0.4, 0.5) is 0 Å². The summed E-state index contributed by atoms with van der Waals surface area (Å²) >= 11 is 1.33. The standard InChI is InChI=1S/C13H16N2O5S/c1-19-9-4-7(2-3-8(9)20-6-11(14)16)12-15-5-10(21-12)13(17)18/h2-4,10,12,15H,5-6H2,1H3,(H2,14,16)(H,17,18)/t10-,12-/m1/s1. The summed E-state index contributed by atoms with van der Waals surface area (Å²) in [4.78, 5) is 21.7. The Balaban J connectivity index is 2.12. The molecule has 0 bridgehead atoms. The highest BCUT2D eigenvalue weighted by atomic mass is 32.2. The second-order valence-electron chi connectivity index (χ2n) is 4.42. The molecule has 2 atom stereocenters. The van der Waals surface area contributed by atoms with Gasteiger partial charge in [-0.05, 0) is 17.7 Å². The molecule has 1 aliphatic heterocycles. The summed E-state index contributed by atoms with van der Waals surface area (Å²) in [6, 6.07) is 5.23. The van der Waals surface area contributed by atoms with Crippen LogP contribution in [-0.2, 0) is 9.59 Å². The Morgan fingerprint density at radius 2 is 2.24 bits per heavy atom. The van der Waals surface area contributed by atoms with Crippen LogP contribution in [0, 0.1) is 0 Å². The Morgan fingerprint density at radius 1 is 1.48 bits per heavy atom. The molecule has 1 aromatic carbocycles. The molecule has 0 spiro atoms. The van der Waals surface area contributed by atoms with Gasteiger partial charge in [-0.25, -0.2) is 0 Å². The maximum Gasteiger partial charge on any atom is 0.318 e. The molecule has 1 heterocycles. The third-order valence-corrected chi connectivity index (χ3v) is 4.33. The Kier molecular flexibility index (Phi) is 4.92. The molecule has 8 heteroatoms. The van der Waals surface area contributed by atoms with E-state index in [1.807, 2.05) is 0 Å². The van der Waals surface area contributed by atoms with Gasteiger partial charge < -0.3 is 20.3 Å². The number of aliphatic carboxylic acids is 1. The first-order valence-electron chi connectivity index (χ1n) is 6.22. The van der Waals surface area contributed by atoms with Crippen LogP contribution in [0.5, 0.6) is 11.5 Å². The van der Waals surface area contributed by atoms with E-state index in [0.717, 1.165) is 5.56 Å². The highest BCUT2D eigenvalue weighted by molar-refractivity contribution is 8.01. The van der Waals surface area contributed by atoms with E-state index in [9.17, 15) is 9.59 Å². The number of hydrogen-bond acceptors (Lipinski definition) is 6.